The van der Waals surface area contributed by atoms with Gasteiger partial charge in [-0.2, -0.15) is 0 Å². The van der Waals surface area contributed by atoms with E-state index in [0.717, 1.165) is 55.2 Å². The molecule has 0 amide bonds. The number of halogens is 1. The van der Waals surface area contributed by atoms with Crippen LogP contribution in [-0.4, -0.2) is 58.4 Å². The second-order valence-electron chi connectivity index (χ2n) is 9.37. The average Bonchev–Trinajstić information content (AvgIpc) is 2.82. The van der Waals surface area contributed by atoms with Gasteiger partial charge in [-0.05, 0) is 74.6 Å². The predicted molar refractivity (Wildman–Crippen MR) is 134 cm³/mol. The zero-order chi connectivity index (χ0) is 24.7. The number of rotatable bonds is 11. The Labute approximate surface area is 207 Å². The van der Waals surface area contributed by atoms with E-state index in [1.165, 1.54) is 0 Å². The number of piperidine rings is 1. The third-order valence-corrected chi connectivity index (χ3v) is 6.97. The van der Waals surface area contributed by atoms with Gasteiger partial charge in [0.05, 0.1) is 36.7 Å². The van der Waals surface area contributed by atoms with Gasteiger partial charge in [-0.15, -0.1) is 0 Å². The summed E-state index contributed by atoms with van der Waals surface area (Å²) < 4.78 is 6.05. The summed E-state index contributed by atoms with van der Waals surface area (Å²) in [5.74, 6) is 2.71. The fraction of sp³-hybridized carbons (Fsp3) is 0.577. The highest BCUT2D eigenvalue weighted by atomic mass is 35.5. The summed E-state index contributed by atoms with van der Waals surface area (Å²) in [6, 6.07) is 3.83. The number of aliphatic hydroxyl groups is 2. The summed E-state index contributed by atoms with van der Waals surface area (Å²) in [5.41, 5.74) is 2.44. The lowest BCUT2D eigenvalue weighted by atomic mass is 9.84. The average molecular weight is 490 g/mol. The molecule has 3 rings (SSSR count). The molecule has 0 aliphatic carbocycles. The largest absolute Gasteiger partial charge is 0.494 e. The number of carbonyl (C=O) groups excluding carboxylic acids is 1. The molecule has 1 aliphatic rings. The van der Waals surface area contributed by atoms with Gasteiger partial charge in [-0.25, -0.2) is 9.97 Å². The van der Waals surface area contributed by atoms with Crippen molar-refractivity contribution in [1.29, 1.82) is 0 Å². The highest BCUT2D eigenvalue weighted by molar-refractivity contribution is 6.30. The number of hydrogen-bond donors (Lipinski definition) is 2. The van der Waals surface area contributed by atoms with E-state index in [9.17, 15) is 9.90 Å². The minimum absolute atomic E-state index is 0.0157. The van der Waals surface area contributed by atoms with Crippen LogP contribution in [0.2, 0.25) is 5.02 Å². The van der Waals surface area contributed by atoms with E-state index in [1.54, 1.807) is 12.4 Å². The van der Waals surface area contributed by atoms with Crippen molar-refractivity contribution >= 4 is 23.3 Å². The van der Waals surface area contributed by atoms with Gasteiger partial charge in [0.25, 0.3) is 0 Å². The summed E-state index contributed by atoms with van der Waals surface area (Å²) >= 11 is 5.89. The van der Waals surface area contributed by atoms with Crippen LogP contribution in [-0.2, 0) is 0 Å². The van der Waals surface area contributed by atoms with Crippen LogP contribution < -0.4 is 9.64 Å². The Morgan fingerprint density at radius 3 is 2.38 bits per heavy atom. The van der Waals surface area contributed by atoms with Crippen molar-refractivity contribution in [2.75, 3.05) is 31.2 Å². The lowest BCUT2D eigenvalue weighted by Crippen LogP contribution is -2.36. The molecule has 0 saturated carbocycles. The zero-order valence-electron chi connectivity index (χ0n) is 20.3. The van der Waals surface area contributed by atoms with Gasteiger partial charge in [0.2, 0.25) is 5.95 Å². The molecule has 0 unspecified atom stereocenters. The summed E-state index contributed by atoms with van der Waals surface area (Å²) in [4.78, 5) is 23.4. The minimum atomic E-state index is -0.854. The predicted octanol–water partition coefficient (Wildman–Crippen LogP) is 4.38. The second kappa shape index (κ2) is 12.5. The first-order valence-corrected chi connectivity index (χ1v) is 12.4. The number of aliphatic hydroxyl groups excluding tert-OH is 2. The van der Waals surface area contributed by atoms with E-state index in [-0.39, 0.29) is 25.2 Å². The number of aromatic nitrogens is 2. The van der Waals surface area contributed by atoms with Crippen LogP contribution in [0.1, 0.15) is 60.5 Å². The van der Waals surface area contributed by atoms with E-state index < -0.39 is 6.10 Å². The Kier molecular flexibility index (Phi) is 9.68. The third-order valence-electron chi connectivity index (χ3n) is 6.78. The number of carbonyl (C=O) groups is 1. The minimum Gasteiger partial charge on any atom is -0.494 e. The van der Waals surface area contributed by atoms with Crippen LogP contribution in [0, 0.1) is 25.7 Å². The van der Waals surface area contributed by atoms with E-state index in [1.807, 2.05) is 26.0 Å². The number of ether oxygens (including phenoxy) is 1. The number of ketones is 1. The number of anilines is 1. The molecule has 2 aromatic rings. The van der Waals surface area contributed by atoms with E-state index in [4.69, 9.17) is 21.4 Å². The Bertz CT molecular complexity index is 923. The van der Waals surface area contributed by atoms with Gasteiger partial charge in [0.1, 0.15) is 5.75 Å². The van der Waals surface area contributed by atoms with Crippen LogP contribution in [0.15, 0.2) is 24.5 Å². The first-order valence-electron chi connectivity index (χ1n) is 12.1. The molecule has 0 spiro atoms. The molecule has 1 aliphatic heterocycles. The Morgan fingerprint density at radius 1 is 1.18 bits per heavy atom. The quantitative estimate of drug-likeness (QED) is 0.452. The second-order valence-corrected chi connectivity index (χ2v) is 9.81. The van der Waals surface area contributed by atoms with Gasteiger partial charge >= 0.3 is 0 Å². The topological polar surface area (TPSA) is 95.8 Å². The molecule has 1 aromatic carbocycles. The first kappa shape index (κ1) is 26.4. The van der Waals surface area contributed by atoms with Crippen molar-refractivity contribution in [1.82, 2.24) is 9.97 Å². The molecule has 34 heavy (non-hydrogen) atoms. The third kappa shape index (κ3) is 7.14. The van der Waals surface area contributed by atoms with Gasteiger partial charge in [-0.3, -0.25) is 4.79 Å². The van der Waals surface area contributed by atoms with Crippen LogP contribution in [0.3, 0.4) is 0 Å². The normalized spacial score (nSPS) is 16.4. The van der Waals surface area contributed by atoms with Crippen molar-refractivity contribution in [2.45, 2.75) is 59.0 Å². The molecule has 8 heteroatoms. The van der Waals surface area contributed by atoms with Crippen molar-refractivity contribution in [2.24, 2.45) is 11.8 Å². The SMILES string of the molecule is Cc1cc(OCC[C@@H](C)C2CCN(c3ncc(Cl)cn3)CC2)cc(C)c1C(=O)CC[C@H](O)CO. The lowest BCUT2D eigenvalue weighted by Gasteiger charge is -2.34. The smallest absolute Gasteiger partial charge is 0.225 e. The maximum atomic E-state index is 12.6. The van der Waals surface area contributed by atoms with Crippen molar-refractivity contribution in [3.8, 4) is 5.75 Å². The van der Waals surface area contributed by atoms with Gasteiger partial charge < -0.3 is 19.8 Å². The molecule has 0 radical (unpaired) electrons. The molecule has 1 fully saturated rings. The van der Waals surface area contributed by atoms with Gasteiger partial charge in [0, 0.05) is 25.1 Å². The molecular weight excluding hydrogens is 454 g/mol. The maximum Gasteiger partial charge on any atom is 0.225 e. The van der Waals surface area contributed by atoms with Crippen LogP contribution in [0.5, 0.6) is 5.75 Å². The molecule has 186 valence electrons. The van der Waals surface area contributed by atoms with E-state index in [2.05, 4.69) is 21.8 Å². The highest BCUT2D eigenvalue weighted by Gasteiger charge is 2.25. The Hall–Kier alpha value is -2.22. The van der Waals surface area contributed by atoms with Gasteiger partial charge in [-0.1, -0.05) is 18.5 Å². The first-order chi connectivity index (χ1) is 16.3. The lowest BCUT2D eigenvalue weighted by molar-refractivity contribution is 0.0779. The maximum absolute atomic E-state index is 12.6. The number of hydrogen-bond acceptors (Lipinski definition) is 7. The molecule has 7 nitrogen and oxygen atoms in total. The van der Waals surface area contributed by atoms with Crippen molar-refractivity contribution in [3.05, 3.63) is 46.2 Å². The van der Waals surface area contributed by atoms with E-state index in [0.29, 0.717) is 29.0 Å². The standard InChI is InChI=1S/C26H36ClN3O4/c1-17(20-6-9-30(10-7-20)26-28-14-21(27)15-29-26)8-11-34-23-12-18(2)25(19(3)13-23)24(33)5-4-22(32)16-31/h12-15,17,20,22,31-32H,4-11,16H2,1-3H3/t17-,22+/m1/s1. The summed E-state index contributed by atoms with van der Waals surface area (Å²) in [6.45, 7) is 8.32. The number of benzene rings is 1. The molecule has 2 heterocycles. The fourth-order valence-electron chi connectivity index (χ4n) is 4.70. The molecule has 1 aromatic heterocycles. The van der Waals surface area contributed by atoms with Crippen molar-refractivity contribution in [3.63, 3.8) is 0 Å². The fourth-order valence-corrected chi connectivity index (χ4v) is 4.79. The Balaban J connectivity index is 1.46. The number of Topliss-reactive ketones (excluding diaryl/α,β-unsaturated/α-hetero) is 1. The van der Waals surface area contributed by atoms with Gasteiger partial charge in [0.15, 0.2) is 5.78 Å². The Morgan fingerprint density at radius 2 is 1.79 bits per heavy atom. The molecule has 2 atom stereocenters. The molecule has 1 saturated heterocycles. The van der Waals surface area contributed by atoms with Crippen molar-refractivity contribution < 1.29 is 19.7 Å². The monoisotopic (exact) mass is 489 g/mol. The highest BCUT2D eigenvalue weighted by Crippen LogP contribution is 2.29. The number of aryl methyl sites for hydroxylation is 2. The van der Waals surface area contributed by atoms with E-state index >= 15 is 0 Å². The van der Waals surface area contributed by atoms with Crippen LogP contribution in [0.25, 0.3) is 0 Å². The summed E-state index contributed by atoms with van der Waals surface area (Å²) in [6.07, 6.45) is 6.08. The van der Waals surface area contributed by atoms with Crippen LogP contribution >= 0.6 is 11.6 Å². The molecular formula is C26H36ClN3O4. The molecule has 2 N–H and O–H groups in total. The summed E-state index contributed by atoms with van der Waals surface area (Å²) in [7, 11) is 0. The van der Waals surface area contributed by atoms with Crippen LogP contribution in [0.4, 0.5) is 5.95 Å². The molecule has 0 bridgehead atoms. The zero-order valence-corrected chi connectivity index (χ0v) is 21.1. The number of nitrogens with zero attached hydrogens (tertiary/aromatic N) is 3. The summed E-state index contributed by atoms with van der Waals surface area (Å²) in [5, 5.41) is 19.0.